The third-order valence-corrected chi connectivity index (χ3v) is 8.00. The van der Waals surface area contributed by atoms with E-state index < -0.39 is 10.0 Å². The molecule has 4 aromatic heterocycles. The quantitative estimate of drug-likeness (QED) is 0.154. The van der Waals surface area contributed by atoms with Crippen molar-refractivity contribution in [2.24, 2.45) is 0 Å². The molecule has 0 amide bonds. The third kappa shape index (κ3) is 8.82. The van der Waals surface area contributed by atoms with E-state index in [1.807, 2.05) is 13.8 Å². The van der Waals surface area contributed by atoms with Gasteiger partial charge >= 0.3 is 6.01 Å². The van der Waals surface area contributed by atoms with Crippen LogP contribution in [0.4, 0.5) is 5.82 Å². The van der Waals surface area contributed by atoms with Crippen LogP contribution in [0.15, 0.2) is 78.2 Å². The van der Waals surface area contributed by atoms with Crippen LogP contribution in [-0.2, 0) is 10.0 Å². The fourth-order valence-corrected chi connectivity index (χ4v) is 5.10. The van der Waals surface area contributed by atoms with Crippen LogP contribution in [-0.4, -0.2) is 72.9 Å². The van der Waals surface area contributed by atoms with Gasteiger partial charge in [-0.05, 0) is 41.8 Å². The van der Waals surface area contributed by atoms with Crippen molar-refractivity contribution in [3.05, 3.63) is 78.8 Å². The Kier molecular flexibility index (Phi) is 11.4. The van der Waals surface area contributed by atoms with Crippen molar-refractivity contribution in [1.29, 1.82) is 0 Å². The summed E-state index contributed by atoms with van der Waals surface area (Å²) < 4.78 is 63.3. The summed E-state index contributed by atoms with van der Waals surface area (Å²) in [4.78, 5) is 25.5. The number of nitrogens with zero attached hydrogens (tertiary/aromatic N) is 6. The number of aromatic nitrogens is 6. The minimum Gasteiger partial charge on any atom is -0.493 e. The van der Waals surface area contributed by atoms with E-state index in [4.69, 9.17) is 28.4 Å². The first-order valence-corrected chi connectivity index (χ1v) is 16.5. The van der Waals surface area contributed by atoms with Gasteiger partial charge in [0.25, 0.3) is 15.9 Å². The standard InChI is InChI=1S/C34H33N7O8S/c1-22(2)24-12-13-29(36-21-24)50(42,43)41-32-30(49-26-11-7-6-10-25(26)44-3)33(40-31(39-32)23-14-16-35-17-15-23)47-18-8-9-19-48-34-37-27(45-4)20-28(38-34)46-5/h6-7,10-17,20-22H,18-19H2,1-5H3,(H,39,40,41). The Morgan fingerprint density at radius 3 is 2.10 bits per heavy atom. The Labute approximate surface area is 289 Å². The van der Waals surface area contributed by atoms with E-state index >= 15 is 0 Å². The molecule has 16 heteroatoms. The number of hydrogen-bond donors (Lipinski definition) is 1. The lowest BCUT2D eigenvalue weighted by Crippen LogP contribution is -2.17. The maximum Gasteiger partial charge on any atom is 0.324 e. The minimum absolute atomic E-state index is 0.00645. The van der Waals surface area contributed by atoms with Crippen LogP contribution in [0, 0.1) is 11.8 Å². The van der Waals surface area contributed by atoms with E-state index in [1.54, 1.807) is 54.9 Å². The Morgan fingerprint density at radius 2 is 1.48 bits per heavy atom. The summed E-state index contributed by atoms with van der Waals surface area (Å²) in [5.74, 6) is 6.56. The highest BCUT2D eigenvalue weighted by atomic mass is 32.2. The van der Waals surface area contributed by atoms with Crippen molar-refractivity contribution >= 4 is 15.8 Å². The van der Waals surface area contributed by atoms with Crippen molar-refractivity contribution in [1.82, 2.24) is 29.9 Å². The molecule has 1 aromatic carbocycles. The van der Waals surface area contributed by atoms with Gasteiger partial charge in [-0.15, -0.1) is 0 Å². The van der Waals surface area contributed by atoms with Gasteiger partial charge < -0.3 is 28.4 Å². The van der Waals surface area contributed by atoms with Gasteiger partial charge in [0, 0.05) is 24.2 Å². The van der Waals surface area contributed by atoms with E-state index in [9.17, 15) is 8.42 Å². The Hall–Kier alpha value is -6.21. The fourth-order valence-electron chi connectivity index (χ4n) is 4.17. The summed E-state index contributed by atoms with van der Waals surface area (Å²) >= 11 is 0. The predicted octanol–water partition coefficient (Wildman–Crippen LogP) is 4.93. The molecule has 5 aromatic rings. The Bertz CT molecular complexity index is 2070. The van der Waals surface area contributed by atoms with Crippen LogP contribution < -0.4 is 33.1 Å². The van der Waals surface area contributed by atoms with E-state index in [0.29, 0.717) is 11.3 Å². The lowest BCUT2D eigenvalue weighted by atomic mass is 10.1. The minimum atomic E-state index is -4.28. The molecule has 4 heterocycles. The van der Waals surface area contributed by atoms with Gasteiger partial charge in [0.1, 0.15) is 0 Å². The van der Waals surface area contributed by atoms with E-state index in [0.717, 1.165) is 5.56 Å². The smallest absolute Gasteiger partial charge is 0.324 e. The second-order valence-corrected chi connectivity index (χ2v) is 12.0. The average Bonchev–Trinajstić information content (AvgIpc) is 3.14. The van der Waals surface area contributed by atoms with Crippen LogP contribution >= 0.6 is 0 Å². The van der Waals surface area contributed by atoms with Crippen LogP contribution in [0.25, 0.3) is 11.4 Å². The van der Waals surface area contributed by atoms with E-state index in [1.165, 1.54) is 39.7 Å². The first-order valence-electron chi connectivity index (χ1n) is 15.0. The molecule has 0 aliphatic rings. The number of methoxy groups -OCH3 is 3. The molecule has 0 spiro atoms. The van der Waals surface area contributed by atoms with Crippen molar-refractivity contribution < 1.29 is 36.8 Å². The molecule has 258 valence electrons. The van der Waals surface area contributed by atoms with Crippen LogP contribution in [0.5, 0.6) is 40.9 Å². The van der Waals surface area contributed by atoms with Gasteiger partial charge in [0.2, 0.25) is 17.5 Å². The van der Waals surface area contributed by atoms with Gasteiger partial charge in [0.05, 0.1) is 27.4 Å². The predicted molar refractivity (Wildman–Crippen MR) is 181 cm³/mol. The first-order chi connectivity index (χ1) is 24.2. The molecule has 0 saturated heterocycles. The molecule has 0 aliphatic heterocycles. The summed E-state index contributed by atoms with van der Waals surface area (Å²) in [6.45, 7) is 3.67. The molecule has 0 bridgehead atoms. The van der Waals surface area contributed by atoms with E-state index in [2.05, 4.69) is 46.5 Å². The highest BCUT2D eigenvalue weighted by Crippen LogP contribution is 2.41. The highest BCUT2D eigenvalue weighted by Gasteiger charge is 2.26. The zero-order valence-corrected chi connectivity index (χ0v) is 28.6. The number of ether oxygens (including phenoxy) is 6. The first kappa shape index (κ1) is 35.1. The van der Waals surface area contributed by atoms with Crippen LogP contribution in [0.1, 0.15) is 25.3 Å². The molecule has 15 nitrogen and oxygen atoms in total. The number of nitrogens with one attached hydrogen (secondary N) is 1. The molecule has 0 radical (unpaired) electrons. The van der Waals surface area contributed by atoms with Gasteiger partial charge in [0.15, 0.2) is 41.4 Å². The zero-order valence-electron chi connectivity index (χ0n) is 27.8. The molecule has 0 saturated carbocycles. The number of hydrogen-bond acceptors (Lipinski definition) is 14. The number of anilines is 1. The summed E-state index contributed by atoms with van der Waals surface area (Å²) in [7, 11) is 0.114. The SMILES string of the molecule is COc1cc(OC)nc(OCC#CCOc2nc(-c3ccncc3)nc(NS(=O)(=O)c3ccc(C(C)C)cn3)c2Oc2ccccc2OC)n1. The van der Waals surface area contributed by atoms with Gasteiger partial charge in [-0.3, -0.25) is 9.71 Å². The summed E-state index contributed by atoms with van der Waals surface area (Å²) in [6, 6.07) is 14.8. The van der Waals surface area contributed by atoms with Crippen LogP contribution in [0.2, 0.25) is 0 Å². The molecular formula is C34H33N7O8S. The van der Waals surface area contributed by atoms with Crippen molar-refractivity contribution in [3.63, 3.8) is 0 Å². The van der Waals surface area contributed by atoms with Crippen molar-refractivity contribution in [3.8, 4) is 64.1 Å². The summed E-state index contributed by atoms with van der Waals surface area (Å²) in [5.41, 5.74) is 1.41. The summed E-state index contributed by atoms with van der Waals surface area (Å²) in [5, 5.41) is -0.222. The molecular weight excluding hydrogens is 666 g/mol. The monoisotopic (exact) mass is 699 g/mol. The van der Waals surface area contributed by atoms with Gasteiger partial charge in [-0.25, -0.2) is 9.97 Å². The molecule has 50 heavy (non-hydrogen) atoms. The maximum absolute atomic E-state index is 13.7. The maximum atomic E-state index is 13.7. The second-order valence-electron chi connectivity index (χ2n) is 10.4. The molecule has 0 aliphatic carbocycles. The number of sulfonamides is 1. The summed E-state index contributed by atoms with van der Waals surface area (Å²) in [6.07, 6.45) is 4.62. The average molecular weight is 700 g/mol. The van der Waals surface area contributed by atoms with Crippen molar-refractivity contribution in [2.45, 2.75) is 24.8 Å². The van der Waals surface area contributed by atoms with Gasteiger partial charge in [-0.1, -0.05) is 43.9 Å². The highest BCUT2D eigenvalue weighted by molar-refractivity contribution is 7.92. The fraction of sp³-hybridized carbons (Fsp3) is 0.235. The van der Waals surface area contributed by atoms with E-state index in [-0.39, 0.29) is 70.9 Å². The van der Waals surface area contributed by atoms with Crippen molar-refractivity contribution in [2.75, 3.05) is 39.3 Å². The molecule has 0 unspecified atom stereocenters. The largest absolute Gasteiger partial charge is 0.493 e. The lowest BCUT2D eigenvalue weighted by molar-refractivity contribution is 0.307. The zero-order chi connectivity index (χ0) is 35.5. The second kappa shape index (κ2) is 16.3. The van der Waals surface area contributed by atoms with Crippen LogP contribution in [0.3, 0.4) is 0 Å². The lowest BCUT2D eigenvalue weighted by Gasteiger charge is -2.18. The number of pyridine rings is 2. The number of para-hydroxylation sites is 2. The normalized spacial score (nSPS) is 10.8. The topological polar surface area (TPSA) is 179 Å². The Morgan fingerprint density at radius 1 is 0.800 bits per heavy atom. The molecule has 5 rings (SSSR count). The molecule has 0 fully saturated rings. The molecule has 0 atom stereocenters. The Balaban J connectivity index is 1.50. The van der Waals surface area contributed by atoms with Gasteiger partial charge in [-0.2, -0.15) is 23.4 Å². The third-order valence-electron chi connectivity index (χ3n) is 6.74. The molecule has 1 N–H and O–H groups in total. The number of benzene rings is 1. The number of rotatable bonds is 14.